The molecule has 8 aromatic rings. The summed E-state index contributed by atoms with van der Waals surface area (Å²) in [5.41, 5.74) is 11.1. The molecule has 2 aromatic heterocycles. The van der Waals surface area contributed by atoms with Crippen molar-refractivity contribution < 1.29 is 20.1 Å². The summed E-state index contributed by atoms with van der Waals surface area (Å²) in [6.45, 7) is 0. The molecule has 0 N–H and O–H groups in total. The number of aromatic nitrogens is 3. The zero-order chi connectivity index (χ0) is 30.7. The zero-order valence-electron chi connectivity index (χ0n) is 25.3. The van der Waals surface area contributed by atoms with Gasteiger partial charge < -0.3 is 4.98 Å². The van der Waals surface area contributed by atoms with Crippen LogP contribution < -0.4 is 0 Å². The summed E-state index contributed by atoms with van der Waals surface area (Å²) in [4.78, 5) is 15.2. The third kappa shape index (κ3) is 6.17. The molecule has 0 aliphatic carbocycles. The van der Waals surface area contributed by atoms with Gasteiger partial charge in [-0.3, -0.25) is 0 Å². The van der Waals surface area contributed by atoms with Gasteiger partial charge in [-0.05, 0) is 56.9 Å². The molecule has 4 heteroatoms. The van der Waals surface area contributed by atoms with Crippen LogP contribution in [0.4, 0.5) is 0 Å². The van der Waals surface area contributed by atoms with Gasteiger partial charge in [-0.25, -0.2) is 9.97 Å². The Labute approximate surface area is 288 Å². The Kier molecular flexibility index (Phi) is 8.62. The van der Waals surface area contributed by atoms with Crippen LogP contribution in [-0.4, -0.2) is 15.0 Å². The predicted octanol–water partition coefficient (Wildman–Crippen LogP) is 10.8. The molecule has 0 aliphatic rings. The number of hydrogen-bond donors (Lipinski definition) is 0. The maximum atomic E-state index is 5.22. The van der Waals surface area contributed by atoms with Gasteiger partial charge in [0.05, 0.1) is 11.4 Å². The van der Waals surface area contributed by atoms with E-state index in [1.54, 1.807) is 0 Å². The van der Waals surface area contributed by atoms with Crippen LogP contribution in [0.25, 0.3) is 78.2 Å². The molecule has 1 radical (unpaired) electrons. The maximum absolute atomic E-state index is 5.22. The second-order valence-corrected chi connectivity index (χ2v) is 11.2. The van der Waals surface area contributed by atoms with Crippen molar-refractivity contribution in [2.75, 3.05) is 0 Å². The van der Waals surface area contributed by atoms with E-state index in [1.807, 2.05) is 48.7 Å². The van der Waals surface area contributed by atoms with Crippen molar-refractivity contribution in [2.45, 2.75) is 0 Å². The van der Waals surface area contributed by atoms with E-state index < -0.39 is 0 Å². The number of rotatable bonds is 6. The molecular weight excluding hydrogens is 751 g/mol. The van der Waals surface area contributed by atoms with Crippen LogP contribution in [0.15, 0.2) is 170 Å². The van der Waals surface area contributed by atoms with Crippen molar-refractivity contribution in [3.05, 3.63) is 176 Å². The van der Waals surface area contributed by atoms with Crippen LogP contribution >= 0.6 is 0 Å². The van der Waals surface area contributed by atoms with Crippen LogP contribution in [0.5, 0.6) is 0 Å². The van der Waals surface area contributed by atoms with Crippen LogP contribution in [-0.2, 0) is 20.1 Å². The van der Waals surface area contributed by atoms with E-state index in [9.17, 15) is 0 Å². The van der Waals surface area contributed by atoms with E-state index >= 15 is 0 Å². The van der Waals surface area contributed by atoms with Gasteiger partial charge in [0.2, 0.25) is 0 Å². The van der Waals surface area contributed by atoms with Gasteiger partial charge in [0.15, 0.2) is 0 Å². The molecule has 0 spiro atoms. The minimum Gasteiger partial charge on any atom is -0.304 e. The van der Waals surface area contributed by atoms with Crippen LogP contribution in [0.2, 0.25) is 0 Å². The predicted molar refractivity (Wildman–Crippen MR) is 189 cm³/mol. The molecule has 0 saturated carbocycles. The van der Waals surface area contributed by atoms with E-state index in [0.29, 0.717) is 5.82 Å². The van der Waals surface area contributed by atoms with E-state index in [4.69, 9.17) is 15.0 Å². The van der Waals surface area contributed by atoms with Crippen LogP contribution in [0.3, 0.4) is 0 Å². The fourth-order valence-electron chi connectivity index (χ4n) is 6.00. The number of fused-ring (bicyclic) bond motifs is 1. The van der Waals surface area contributed by atoms with Crippen molar-refractivity contribution in [1.82, 2.24) is 15.0 Å². The molecule has 8 rings (SSSR count). The Morgan fingerprint density at radius 3 is 1.94 bits per heavy atom. The van der Waals surface area contributed by atoms with Gasteiger partial charge in [0.25, 0.3) is 0 Å². The topological polar surface area (TPSA) is 38.7 Å². The number of hydrogen-bond acceptors (Lipinski definition) is 3. The quantitative estimate of drug-likeness (QED) is 0.158. The Morgan fingerprint density at radius 1 is 0.447 bits per heavy atom. The molecule has 0 atom stereocenters. The first-order valence-electron chi connectivity index (χ1n) is 15.4. The molecular formula is C43H28IrN3-. The Balaban J connectivity index is 0.00000351. The van der Waals surface area contributed by atoms with E-state index in [0.717, 1.165) is 66.8 Å². The number of benzene rings is 6. The van der Waals surface area contributed by atoms with Gasteiger partial charge in [-0.1, -0.05) is 133 Å². The Hall–Kier alpha value is -5.54. The van der Waals surface area contributed by atoms with E-state index in [-0.39, 0.29) is 20.1 Å². The van der Waals surface area contributed by atoms with Crippen molar-refractivity contribution in [2.24, 2.45) is 0 Å². The van der Waals surface area contributed by atoms with Gasteiger partial charge in [0.1, 0.15) is 5.82 Å². The summed E-state index contributed by atoms with van der Waals surface area (Å²) in [6.07, 6.45) is 1.85. The normalized spacial score (nSPS) is 10.8. The van der Waals surface area contributed by atoms with Crippen molar-refractivity contribution >= 4 is 10.8 Å². The first-order valence-corrected chi connectivity index (χ1v) is 15.4. The van der Waals surface area contributed by atoms with Crippen molar-refractivity contribution in [3.63, 3.8) is 0 Å². The first-order chi connectivity index (χ1) is 22.8. The number of pyridine rings is 1. The summed E-state index contributed by atoms with van der Waals surface area (Å²) in [5, 5.41) is 2.23. The zero-order valence-corrected chi connectivity index (χ0v) is 27.7. The molecule has 0 fully saturated rings. The summed E-state index contributed by atoms with van der Waals surface area (Å²) in [7, 11) is 0. The average molecular weight is 779 g/mol. The maximum Gasteiger partial charge on any atom is 0.142 e. The van der Waals surface area contributed by atoms with E-state index in [2.05, 4.69) is 127 Å². The van der Waals surface area contributed by atoms with Gasteiger partial charge in [-0.15, -0.1) is 29.8 Å². The van der Waals surface area contributed by atoms with Crippen LogP contribution in [0, 0.1) is 6.07 Å². The SMILES string of the molecule is [Ir].[c-]1ccc(-c2nc(-c3cccc(-c4ccccc4)c3)cc(-c3ccccc3-c3ccccc3)n2)cc1-c1nccc2ccccc12. The Morgan fingerprint density at radius 2 is 1.11 bits per heavy atom. The third-order valence-corrected chi connectivity index (χ3v) is 8.27. The molecule has 0 unspecified atom stereocenters. The molecule has 0 bridgehead atoms. The van der Waals surface area contributed by atoms with Gasteiger partial charge in [0, 0.05) is 37.4 Å². The standard InChI is InChI=1S/C43H28N3.Ir/c1-3-13-30(14-4-1)33-18-11-19-34(27-33)40-29-41(39-24-10-9-22-37(39)31-15-5-2-6-16-31)46-43(45-40)36-21-12-20-35(28-36)42-38-23-8-7-17-32(38)25-26-44-42;/h1-19,21-29H;/q-1;. The minimum atomic E-state index is 0. The minimum absolute atomic E-state index is 0. The summed E-state index contributed by atoms with van der Waals surface area (Å²) >= 11 is 0. The monoisotopic (exact) mass is 779 g/mol. The fourth-order valence-corrected chi connectivity index (χ4v) is 6.00. The van der Waals surface area contributed by atoms with E-state index in [1.165, 1.54) is 5.56 Å². The molecule has 47 heavy (non-hydrogen) atoms. The Bertz CT molecular complexity index is 2310. The summed E-state index contributed by atoms with van der Waals surface area (Å²) < 4.78 is 0. The summed E-state index contributed by atoms with van der Waals surface area (Å²) in [6, 6.07) is 59.9. The van der Waals surface area contributed by atoms with Crippen molar-refractivity contribution in [3.8, 4) is 67.4 Å². The molecule has 6 aromatic carbocycles. The molecule has 225 valence electrons. The average Bonchev–Trinajstić information content (AvgIpc) is 3.15. The van der Waals surface area contributed by atoms with Gasteiger partial charge in [-0.2, -0.15) is 0 Å². The number of nitrogens with zero attached hydrogens (tertiary/aromatic N) is 3. The molecule has 0 aliphatic heterocycles. The molecule has 2 heterocycles. The molecule has 3 nitrogen and oxygen atoms in total. The largest absolute Gasteiger partial charge is 0.304 e. The first kappa shape index (κ1) is 30.1. The van der Waals surface area contributed by atoms with Gasteiger partial charge >= 0.3 is 0 Å². The van der Waals surface area contributed by atoms with Crippen LogP contribution in [0.1, 0.15) is 0 Å². The third-order valence-electron chi connectivity index (χ3n) is 8.27. The second-order valence-electron chi connectivity index (χ2n) is 11.2. The van der Waals surface area contributed by atoms with Crippen molar-refractivity contribution in [1.29, 1.82) is 0 Å². The molecule has 0 amide bonds. The molecule has 0 saturated heterocycles. The summed E-state index contributed by atoms with van der Waals surface area (Å²) in [5.74, 6) is 0.649. The second kappa shape index (κ2) is 13.4. The fraction of sp³-hybridized carbons (Fsp3) is 0. The smallest absolute Gasteiger partial charge is 0.142 e.